The number of hydrogen-bond acceptors (Lipinski definition) is 6. The Hall–Kier alpha value is -2.77. The van der Waals surface area contributed by atoms with Gasteiger partial charge in [0.2, 0.25) is 0 Å². The number of carbonyl (C=O) groups is 2. The Kier molecular flexibility index (Phi) is 5.29. The average molecular weight is 389 g/mol. The van der Waals surface area contributed by atoms with Gasteiger partial charge >= 0.3 is 5.97 Å². The zero-order chi connectivity index (χ0) is 18.7. The first-order chi connectivity index (χ1) is 12.5. The summed E-state index contributed by atoms with van der Waals surface area (Å²) in [5.74, 6) is -0.291. The lowest BCUT2D eigenvalue weighted by Crippen LogP contribution is -2.18. The molecular formula is C18H13ClN2O4S. The van der Waals surface area contributed by atoms with Crippen molar-refractivity contribution >= 4 is 46.5 Å². The molecule has 2 aromatic rings. The Labute approximate surface area is 158 Å². The van der Waals surface area contributed by atoms with Crippen LogP contribution in [-0.4, -0.2) is 24.2 Å². The van der Waals surface area contributed by atoms with Crippen molar-refractivity contribution in [2.75, 3.05) is 7.11 Å². The summed E-state index contributed by atoms with van der Waals surface area (Å²) in [7, 11) is 1.47. The lowest BCUT2D eigenvalue weighted by Gasteiger charge is -2.10. The molecule has 0 radical (unpaired) electrons. The van der Waals surface area contributed by atoms with Crippen molar-refractivity contribution in [1.82, 2.24) is 5.32 Å². The average Bonchev–Trinajstić information content (AvgIpc) is 2.93. The van der Waals surface area contributed by atoms with Crippen molar-refractivity contribution in [3.8, 4) is 11.5 Å². The molecule has 132 valence electrons. The van der Waals surface area contributed by atoms with Gasteiger partial charge < -0.3 is 14.8 Å². The highest BCUT2D eigenvalue weighted by Crippen LogP contribution is 2.32. The van der Waals surface area contributed by atoms with Crippen LogP contribution in [0.15, 0.2) is 47.4 Å². The van der Waals surface area contributed by atoms with E-state index in [4.69, 9.17) is 26.5 Å². The predicted molar refractivity (Wildman–Crippen MR) is 101 cm³/mol. The summed E-state index contributed by atoms with van der Waals surface area (Å²) in [6.45, 7) is 0. The number of amides is 1. The molecule has 1 amide bonds. The maximum absolute atomic E-state index is 12.3. The zero-order valence-electron chi connectivity index (χ0n) is 13.5. The molecule has 1 aliphatic heterocycles. The number of nitrogens with one attached hydrogen (secondary N) is 2. The third-order valence-electron chi connectivity index (χ3n) is 3.43. The second kappa shape index (κ2) is 7.63. The molecule has 0 aliphatic carbocycles. The number of thioether (sulfide) groups is 1. The summed E-state index contributed by atoms with van der Waals surface area (Å²) < 4.78 is 10.7. The lowest BCUT2D eigenvalue weighted by atomic mass is 10.1. The van der Waals surface area contributed by atoms with Crippen molar-refractivity contribution in [3.63, 3.8) is 0 Å². The van der Waals surface area contributed by atoms with Crippen LogP contribution < -0.4 is 14.8 Å². The topological polar surface area (TPSA) is 88.5 Å². The van der Waals surface area contributed by atoms with E-state index >= 15 is 0 Å². The second-order valence-electron chi connectivity index (χ2n) is 5.20. The van der Waals surface area contributed by atoms with Gasteiger partial charge in [0, 0.05) is 5.02 Å². The molecule has 1 aliphatic rings. The molecule has 1 saturated heterocycles. The van der Waals surface area contributed by atoms with Crippen LogP contribution in [0, 0.1) is 5.41 Å². The predicted octanol–water partition coefficient (Wildman–Crippen LogP) is 3.71. The highest BCUT2D eigenvalue weighted by molar-refractivity contribution is 8.18. The summed E-state index contributed by atoms with van der Waals surface area (Å²) in [5.41, 5.74) is 0.983. The molecule has 1 heterocycles. The molecule has 1 fully saturated rings. The zero-order valence-corrected chi connectivity index (χ0v) is 15.1. The molecule has 2 aromatic carbocycles. The van der Waals surface area contributed by atoms with Gasteiger partial charge in [-0.1, -0.05) is 17.7 Å². The third kappa shape index (κ3) is 4.07. The fourth-order valence-electron chi connectivity index (χ4n) is 2.20. The number of rotatable bonds is 4. The van der Waals surface area contributed by atoms with Crippen molar-refractivity contribution in [1.29, 1.82) is 5.41 Å². The fourth-order valence-corrected chi connectivity index (χ4v) is 3.03. The fraction of sp³-hybridized carbons (Fsp3) is 0.0556. The first-order valence-electron chi connectivity index (χ1n) is 7.41. The number of esters is 1. The van der Waals surface area contributed by atoms with Crippen LogP contribution in [0.2, 0.25) is 5.02 Å². The summed E-state index contributed by atoms with van der Waals surface area (Å²) in [4.78, 5) is 24.4. The van der Waals surface area contributed by atoms with E-state index in [0.717, 1.165) is 11.8 Å². The molecular weight excluding hydrogens is 376 g/mol. The number of carbonyl (C=O) groups excluding carboxylic acids is 2. The summed E-state index contributed by atoms with van der Waals surface area (Å²) in [6, 6.07) is 11.3. The van der Waals surface area contributed by atoms with Gasteiger partial charge in [0.25, 0.3) is 5.91 Å². The van der Waals surface area contributed by atoms with Crippen LogP contribution in [0.3, 0.4) is 0 Å². The molecule has 0 spiro atoms. The van der Waals surface area contributed by atoms with Crippen molar-refractivity contribution in [2.24, 2.45) is 0 Å². The van der Waals surface area contributed by atoms with Crippen molar-refractivity contribution in [2.45, 2.75) is 0 Å². The van der Waals surface area contributed by atoms with E-state index in [1.807, 2.05) is 0 Å². The van der Waals surface area contributed by atoms with E-state index in [-0.39, 0.29) is 16.8 Å². The Bertz CT molecular complexity index is 925. The molecule has 6 nitrogen and oxygen atoms in total. The van der Waals surface area contributed by atoms with Crippen molar-refractivity contribution in [3.05, 3.63) is 63.5 Å². The smallest absolute Gasteiger partial charge is 0.343 e. The van der Waals surface area contributed by atoms with E-state index in [2.05, 4.69) is 5.32 Å². The van der Waals surface area contributed by atoms with Crippen molar-refractivity contribution < 1.29 is 19.1 Å². The van der Waals surface area contributed by atoms with E-state index in [1.54, 1.807) is 48.5 Å². The maximum Gasteiger partial charge on any atom is 0.343 e. The van der Waals surface area contributed by atoms with Crippen LogP contribution in [0.5, 0.6) is 11.5 Å². The lowest BCUT2D eigenvalue weighted by molar-refractivity contribution is -0.115. The SMILES string of the molecule is COc1ccc(/C=C2\SC(=N)NC2=O)cc1OC(=O)c1ccc(Cl)cc1. The molecule has 0 aromatic heterocycles. The number of methoxy groups -OCH3 is 1. The Morgan fingerprint density at radius 3 is 2.54 bits per heavy atom. The monoisotopic (exact) mass is 388 g/mol. The molecule has 3 rings (SSSR count). The van der Waals surface area contributed by atoms with E-state index in [9.17, 15) is 9.59 Å². The van der Waals surface area contributed by atoms with Crippen LogP contribution >= 0.6 is 23.4 Å². The highest BCUT2D eigenvalue weighted by atomic mass is 35.5. The Balaban J connectivity index is 1.87. The van der Waals surface area contributed by atoms with Gasteiger partial charge in [-0.2, -0.15) is 0 Å². The normalized spacial score (nSPS) is 15.1. The van der Waals surface area contributed by atoms with E-state index in [0.29, 0.717) is 26.8 Å². The van der Waals surface area contributed by atoms with Crippen LogP contribution in [-0.2, 0) is 4.79 Å². The van der Waals surface area contributed by atoms with Gasteiger partial charge in [-0.3, -0.25) is 10.2 Å². The quantitative estimate of drug-likeness (QED) is 0.473. The molecule has 0 atom stereocenters. The minimum absolute atomic E-state index is 0.0733. The number of benzene rings is 2. The third-order valence-corrected chi connectivity index (χ3v) is 4.51. The number of amidine groups is 1. The Morgan fingerprint density at radius 1 is 1.19 bits per heavy atom. The number of halogens is 1. The van der Waals surface area contributed by atoms with Gasteiger partial charge in [-0.05, 0) is 59.8 Å². The van der Waals surface area contributed by atoms with Gasteiger partial charge in [-0.15, -0.1) is 0 Å². The van der Waals surface area contributed by atoms with Gasteiger partial charge in [-0.25, -0.2) is 4.79 Å². The molecule has 0 unspecified atom stereocenters. The van der Waals surface area contributed by atoms with Gasteiger partial charge in [0.15, 0.2) is 16.7 Å². The van der Waals surface area contributed by atoms with Crippen LogP contribution in [0.25, 0.3) is 6.08 Å². The van der Waals surface area contributed by atoms with Gasteiger partial charge in [0.1, 0.15) is 0 Å². The van der Waals surface area contributed by atoms with Crippen LogP contribution in [0.4, 0.5) is 0 Å². The maximum atomic E-state index is 12.3. The summed E-state index contributed by atoms with van der Waals surface area (Å²) >= 11 is 6.85. The highest BCUT2D eigenvalue weighted by Gasteiger charge is 2.22. The molecule has 0 saturated carbocycles. The summed E-state index contributed by atoms with van der Waals surface area (Å²) in [6.07, 6.45) is 1.61. The first-order valence-corrected chi connectivity index (χ1v) is 8.61. The van der Waals surface area contributed by atoms with Crippen LogP contribution in [0.1, 0.15) is 15.9 Å². The molecule has 26 heavy (non-hydrogen) atoms. The minimum Gasteiger partial charge on any atom is -0.493 e. The standard InChI is InChI=1S/C18H13ClN2O4S/c1-24-13-7-2-10(9-15-16(22)21-18(20)26-15)8-14(13)25-17(23)11-3-5-12(19)6-4-11/h2-9H,1H3,(H2,20,21,22)/b15-9-. The number of hydrogen-bond donors (Lipinski definition) is 2. The second-order valence-corrected chi connectivity index (χ2v) is 6.69. The first kappa shape index (κ1) is 18.0. The van der Waals surface area contributed by atoms with Gasteiger partial charge in [0.05, 0.1) is 17.6 Å². The van der Waals surface area contributed by atoms with E-state index < -0.39 is 5.97 Å². The molecule has 2 N–H and O–H groups in total. The molecule has 8 heteroatoms. The largest absolute Gasteiger partial charge is 0.493 e. The molecule has 0 bridgehead atoms. The minimum atomic E-state index is -0.556. The van der Waals surface area contributed by atoms with E-state index in [1.165, 1.54) is 7.11 Å². The Morgan fingerprint density at radius 2 is 1.92 bits per heavy atom. The number of ether oxygens (including phenoxy) is 2. The summed E-state index contributed by atoms with van der Waals surface area (Å²) in [5, 5.41) is 10.5.